The van der Waals surface area contributed by atoms with Crippen molar-refractivity contribution < 1.29 is 38.7 Å². The molecular weight excluding hydrogens is 440 g/mol. The third kappa shape index (κ3) is 10.6. The predicted octanol–water partition coefficient (Wildman–Crippen LogP) is 4.18. The molecule has 2 heterocycles. The van der Waals surface area contributed by atoms with E-state index in [1.807, 2.05) is 0 Å². The van der Waals surface area contributed by atoms with Crippen LogP contribution in [0.5, 0.6) is 0 Å². The number of rotatable bonds is 6. The zero-order valence-electron chi connectivity index (χ0n) is 21.1. The van der Waals surface area contributed by atoms with Crippen LogP contribution in [0.1, 0.15) is 110 Å². The lowest BCUT2D eigenvalue weighted by Crippen LogP contribution is -2.61. The smallest absolute Gasteiger partial charge is 0.306 e. The van der Waals surface area contributed by atoms with Crippen molar-refractivity contribution in [2.45, 2.75) is 147 Å². The minimum Gasteiger partial charge on any atom is -0.463 e. The van der Waals surface area contributed by atoms with Gasteiger partial charge in [0.1, 0.15) is 24.9 Å². The number of aliphatic hydroxyl groups excluding tert-OH is 2. The highest BCUT2D eigenvalue weighted by Crippen LogP contribution is 2.29. The summed E-state index contributed by atoms with van der Waals surface area (Å²) in [5, 5.41) is 21.4. The maximum atomic E-state index is 12.5. The Morgan fingerprint density at radius 1 is 0.941 bits per heavy atom. The van der Waals surface area contributed by atoms with Crippen molar-refractivity contribution in [3.05, 3.63) is 0 Å². The van der Waals surface area contributed by atoms with Gasteiger partial charge < -0.3 is 29.2 Å². The van der Waals surface area contributed by atoms with Crippen molar-refractivity contribution in [3.63, 3.8) is 0 Å². The van der Waals surface area contributed by atoms with Gasteiger partial charge in [0.2, 0.25) is 0 Å². The molecule has 0 radical (unpaired) electrons. The second-order valence-electron chi connectivity index (χ2n) is 9.76. The van der Waals surface area contributed by atoms with Gasteiger partial charge in [-0.25, -0.2) is 0 Å². The van der Waals surface area contributed by atoms with Gasteiger partial charge in [-0.3, -0.25) is 9.59 Å². The van der Waals surface area contributed by atoms with Gasteiger partial charge in [0.05, 0.1) is 6.10 Å². The Balaban J connectivity index is 2.15. The summed E-state index contributed by atoms with van der Waals surface area (Å²) in [6.45, 7) is 3.21. The fraction of sp³-hybridized carbons (Fsp3) is 0.923. The Kier molecular flexibility index (Phi) is 14.0. The first-order valence-corrected chi connectivity index (χ1v) is 13.4. The van der Waals surface area contributed by atoms with Crippen LogP contribution >= 0.6 is 0 Å². The molecule has 2 rings (SSSR count). The Morgan fingerprint density at radius 2 is 1.59 bits per heavy atom. The normalized spacial score (nSPS) is 32.8. The van der Waals surface area contributed by atoms with Crippen LogP contribution in [0.3, 0.4) is 0 Å². The lowest BCUT2D eigenvalue weighted by atomic mass is 9.98. The van der Waals surface area contributed by atoms with E-state index in [9.17, 15) is 19.8 Å². The molecule has 2 aliphatic heterocycles. The Hall–Kier alpha value is -1.22. The number of aliphatic hydroxyl groups is 2. The highest BCUT2D eigenvalue weighted by atomic mass is 16.7. The molecule has 0 aliphatic carbocycles. The van der Waals surface area contributed by atoms with Crippen molar-refractivity contribution in [2.75, 3.05) is 6.61 Å². The van der Waals surface area contributed by atoms with Gasteiger partial charge >= 0.3 is 11.9 Å². The molecule has 0 spiro atoms. The van der Waals surface area contributed by atoms with E-state index < -0.39 is 42.6 Å². The summed E-state index contributed by atoms with van der Waals surface area (Å²) in [4.78, 5) is 23.8. The van der Waals surface area contributed by atoms with Crippen molar-refractivity contribution in [1.82, 2.24) is 0 Å². The van der Waals surface area contributed by atoms with Crippen LogP contribution in [0, 0.1) is 0 Å². The average Bonchev–Trinajstić information content (AvgIpc) is 2.80. The van der Waals surface area contributed by atoms with Gasteiger partial charge in [-0.15, -0.1) is 0 Å². The lowest BCUT2D eigenvalue weighted by molar-refractivity contribution is -0.315. The molecular formula is C26H46O8. The van der Waals surface area contributed by atoms with Crippen LogP contribution in [-0.2, 0) is 28.5 Å². The maximum Gasteiger partial charge on any atom is 0.306 e. The number of fused-ring (bicyclic) bond motifs is 1. The lowest BCUT2D eigenvalue weighted by Gasteiger charge is -2.42. The van der Waals surface area contributed by atoms with E-state index in [1.54, 1.807) is 0 Å². The summed E-state index contributed by atoms with van der Waals surface area (Å²) in [5.41, 5.74) is 0. The molecule has 2 saturated heterocycles. The standard InChI is InChI=1S/C26H46O8/c1-3-4-12-15-20-16-13-10-8-6-5-7-9-11-14-17-22(28)34-25-24(30)23(29)21(18-31-19(2)27)33-26(25)32-20/h20-21,23-26,29-30H,3-18H2,1-2H3. The summed E-state index contributed by atoms with van der Waals surface area (Å²) in [6.07, 6.45) is 8.99. The molecule has 8 nitrogen and oxygen atoms in total. The zero-order valence-corrected chi connectivity index (χ0v) is 21.1. The molecule has 0 aromatic rings. The van der Waals surface area contributed by atoms with Gasteiger partial charge in [-0.05, 0) is 19.3 Å². The first-order valence-electron chi connectivity index (χ1n) is 13.4. The summed E-state index contributed by atoms with van der Waals surface area (Å²) in [7, 11) is 0. The highest BCUT2D eigenvalue weighted by molar-refractivity contribution is 5.69. The van der Waals surface area contributed by atoms with Crippen LogP contribution in [0.15, 0.2) is 0 Å². The van der Waals surface area contributed by atoms with Gasteiger partial charge in [0.25, 0.3) is 0 Å². The summed E-state index contributed by atoms with van der Waals surface area (Å²) >= 11 is 0. The Bertz CT molecular complexity index is 583. The van der Waals surface area contributed by atoms with Crippen molar-refractivity contribution in [3.8, 4) is 0 Å². The molecule has 2 aliphatic rings. The molecule has 0 bridgehead atoms. The summed E-state index contributed by atoms with van der Waals surface area (Å²) in [5.74, 6) is -0.940. The molecule has 0 aromatic carbocycles. The van der Waals surface area contributed by atoms with Crippen LogP contribution in [0.25, 0.3) is 0 Å². The van der Waals surface area contributed by atoms with Gasteiger partial charge in [0, 0.05) is 13.3 Å². The largest absolute Gasteiger partial charge is 0.463 e. The molecule has 2 fully saturated rings. The first kappa shape index (κ1) is 29.0. The van der Waals surface area contributed by atoms with E-state index in [0.29, 0.717) is 0 Å². The van der Waals surface area contributed by atoms with Gasteiger partial charge in [-0.1, -0.05) is 77.6 Å². The fourth-order valence-electron chi connectivity index (χ4n) is 4.66. The number of carbonyl (C=O) groups excluding carboxylic acids is 2. The molecule has 0 aromatic heterocycles. The molecule has 6 atom stereocenters. The van der Waals surface area contributed by atoms with E-state index in [4.69, 9.17) is 18.9 Å². The monoisotopic (exact) mass is 486 g/mol. The first-order chi connectivity index (χ1) is 16.4. The number of carbonyl (C=O) groups is 2. The van der Waals surface area contributed by atoms with E-state index in [0.717, 1.165) is 64.2 Å². The number of ether oxygens (including phenoxy) is 4. The number of unbranched alkanes of at least 4 members (excludes halogenated alkanes) is 2. The third-order valence-corrected chi connectivity index (χ3v) is 6.73. The van der Waals surface area contributed by atoms with Crippen molar-refractivity contribution >= 4 is 11.9 Å². The molecule has 8 heteroatoms. The molecule has 2 N–H and O–H groups in total. The third-order valence-electron chi connectivity index (χ3n) is 6.73. The minimum atomic E-state index is -1.40. The van der Waals surface area contributed by atoms with E-state index >= 15 is 0 Å². The van der Waals surface area contributed by atoms with Crippen LogP contribution < -0.4 is 0 Å². The molecule has 198 valence electrons. The zero-order chi connectivity index (χ0) is 24.8. The molecule has 0 saturated carbocycles. The second kappa shape index (κ2) is 16.5. The predicted molar refractivity (Wildman–Crippen MR) is 127 cm³/mol. The van der Waals surface area contributed by atoms with Crippen molar-refractivity contribution in [1.29, 1.82) is 0 Å². The van der Waals surface area contributed by atoms with E-state index in [-0.39, 0.29) is 19.1 Å². The second-order valence-corrected chi connectivity index (χ2v) is 9.76. The Labute approximate surface area is 204 Å². The number of esters is 2. The molecule has 34 heavy (non-hydrogen) atoms. The summed E-state index contributed by atoms with van der Waals surface area (Å²) < 4.78 is 22.9. The number of hydrogen-bond donors (Lipinski definition) is 2. The maximum absolute atomic E-state index is 12.5. The fourth-order valence-corrected chi connectivity index (χ4v) is 4.66. The Morgan fingerprint density at radius 3 is 2.24 bits per heavy atom. The van der Waals surface area contributed by atoms with Crippen LogP contribution in [0.2, 0.25) is 0 Å². The quantitative estimate of drug-likeness (QED) is 0.425. The highest BCUT2D eigenvalue weighted by Gasteiger charge is 2.48. The molecule has 6 unspecified atom stereocenters. The SMILES string of the molecule is CCCCCC1CCCCCCCCCCCC(=O)OC2C(O1)OC(COC(C)=O)C(O)C2O. The topological polar surface area (TPSA) is 112 Å². The van der Waals surface area contributed by atoms with Gasteiger partial charge in [-0.2, -0.15) is 0 Å². The average molecular weight is 487 g/mol. The number of hydrogen-bond acceptors (Lipinski definition) is 8. The van der Waals surface area contributed by atoms with E-state index in [2.05, 4.69) is 6.92 Å². The van der Waals surface area contributed by atoms with Crippen LogP contribution in [0.4, 0.5) is 0 Å². The van der Waals surface area contributed by atoms with E-state index in [1.165, 1.54) is 32.6 Å². The van der Waals surface area contributed by atoms with Gasteiger partial charge in [0.15, 0.2) is 12.4 Å². The van der Waals surface area contributed by atoms with Crippen LogP contribution in [-0.4, -0.2) is 65.6 Å². The molecule has 0 amide bonds. The van der Waals surface area contributed by atoms with Crippen molar-refractivity contribution in [2.24, 2.45) is 0 Å². The summed E-state index contributed by atoms with van der Waals surface area (Å²) in [6, 6.07) is 0. The minimum absolute atomic E-state index is 0.106.